The van der Waals surface area contributed by atoms with Crippen molar-refractivity contribution >= 4 is 16.2 Å². The summed E-state index contributed by atoms with van der Waals surface area (Å²) in [6.45, 7) is 3.64. The molecule has 0 aliphatic carbocycles. The Morgan fingerprint density at radius 2 is 2.18 bits per heavy atom. The van der Waals surface area contributed by atoms with Crippen molar-refractivity contribution in [1.29, 1.82) is 0 Å². The predicted molar refractivity (Wildman–Crippen MR) is 78.7 cm³/mol. The fraction of sp³-hybridized carbons (Fsp3) is 0.538. The van der Waals surface area contributed by atoms with Crippen LogP contribution in [0.3, 0.4) is 0 Å². The van der Waals surface area contributed by atoms with Gasteiger partial charge in [0.15, 0.2) is 0 Å². The molecule has 1 atom stereocenters. The van der Waals surface area contributed by atoms with Crippen LogP contribution < -0.4 is 4.72 Å². The molecule has 1 N–H and O–H groups in total. The zero-order valence-corrected chi connectivity index (χ0v) is 13.6. The molecule has 0 saturated heterocycles. The van der Waals surface area contributed by atoms with Crippen molar-refractivity contribution in [3.63, 3.8) is 0 Å². The molecule has 1 unspecified atom stereocenters. The fourth-order valence-electron chi connectivity index (χ4n) is 1.66. The highest BCUT2D eigenvalue weighted by molar-refractivity contribution is 7.87. The van der Waals surface area contributed by atoms with Gasteiger partial charge in [-0.3, -0.25) is 4.79 Å². The summed E-state index contributed by atoms with van der Waals surface area (Å²) in [5, 5.41) is 0. The summed E-state index contributed by atoms with van der Waals surface area (Å²) in [5.74, 6) is -1.42. The molecule has 22 heavy (non-hydrogen) atoms. The number of aromatic nitrogens is 1. The topological polar surface area (TPSA) is 88.6 Å². The average Bonchev–Trinajstić information content (AvgIpc) is 2.45. The van der Waals surface area contributed by atoms with Gasteiger partial charge in [-0.15, -0.1) is 0 Å². The number of esters is 1. The summed E-state index contributed by atoms with van der Waals surface area (Å²) >= 11 is 0. The van der Waals surface area contributed by atoms with E-state index in [4.69, 9.17) is 4.74 Å². The lowest BCUT2D eigenvalue weighted by Gasteiger charge is -2.21. The average molecular weight is 333 g/mol. The number of carbonyl (C=O) groups excluding carboxylic acids is 1. The van der Waals surface area contributed by atoms with E-state index in [-0.39, 0.29) is 19.6 Å². The minimum atomic E-state index is -3.83. The van der Waals surface area contributed by atoms with E-state index in [1.54, 1.807) is 13.8 Å². The van der Waals surface area contributed by atoms with Crippen LogP contribution >= 0.6 is 0 Å². The van der Waals surface area contributed by atoms with Gasteiger partial charge in [-0.2, -0.15) is 21.8 Å². The van der Waals surface area contributed by atoms with Crippen LogP contribution in [-0.2, 0) is 26.2 Å². The van der Waals surface area contributed by atoms with Gasteiger partial charge in [0, 0.05) is 19.8 Å². The molecule has 1 heterocycles. The number of pyridine rings is 1. The summed E-state index contributed by atoms with van der Waals surface area (Å²) in [5.41, 5.74) is 0.437. The highest BCUT2D eigenvalue weighted by Gasteiger charge is 2.28. The fourth-order valence-corrected chi connectivity index (χ4v) is 2.72. The molecule has 1 aromatic heterocycles. The molecule has 0 bridgehead atoms. The third kappa shape index (κ3) is 5.32. The van der Waals surface area contributed by atoms with Gasteiger partial charge in [0.2, 0.25) is 5.95 Å². The third-order valence-corrected chi connectivity index (χ3v) is 4.61. The lowest BCUT2D eigenvalue weighted by atomic mass is 10.1. The maximum absolute atomic E-state index is 13.1. The zero-order valence-electron chi connectivity index (χ0n) is 12.7. The Hall–Kier alpha value is -1.58. The van der Waals surface area contributed by atoms with E-state index < -0.39 is 28.2 Å². The molecule has 0 aliphatic rings. The van der Waals surface area contributed by atoms with Crippen LogP contribution in [0.2, 0.25) is 0 Å². The standard InChI is InChI=1S/C13H20FN3O4S/c1-4-17(3)22(19,20)16-11(13(18)21-5-2)8-10-6-7-15-12(14)9-10/h6-7,9,11,16H,4-5,8H2,1-3H3. The molecule has 0 aromatic carbocycles. The second kappa shape index (κ2) is 8.16. The summed E-state index contributed by atoms with van der Waals surface area (Å²) in [6.07, 6.45) is 1.22. The van der Waals surface area contributed by atoms with E-state index in [0.29, 0.717) is 5.56 Å². The molecule has 0 amide bonds. The Bertz CT molecular complexity index is 609. The third-order valence-electron chi connectivity index (χ3n) is 2.95. The van der Waals surface area contributed by atoms with E-state index in [1.807, 2.05) is 0 Å². The Labute approximate surface area is 129 Å². The number of halogens is 1. The highest BCUT2D eigenvalue weighted by atomic mass is 32.2. The number of hydrogen-bond donors (Lipinski definition) is 1. The van der Waals surface area contributed by atoms with Crippen LogP contribution in [-0.4, -0.2) is 49.9 Å². The Morgan fingerprint density at radius 3 is 2.73 bits per heavy atom. The van der Waals surface area contributed by atoms with E-state index in [2.05, 4.69) is 9.71 Å². The summed E-state index contributed by atoms with van der Waals surface area (Å²) in [7, 11) is -2.44. The molecule has 0 saturated carbocycles. The first-order valence-corrected chi connectivity index (χ1v) is 8.24. The summed E-state index contributed by atoms with van der Waals surface area (Å²) in [6, 6.07) is 1.51. The second-order valence-corrected chi connectivity index (χ2v) is 6.34. The lowest BCUT2D eigenvalue weighted by Crippen LogP contribution is -2.48. The number of carbonyl (C=O) groups is 1. The van der Waals surface area contributed by atoms with Crippen molar-refractivity contribution in [3.8, 4) is 0 Å². The first kappa shape index (κ1) is 18.5. The molecule has 0 spiro atoms. The van der Waals surface area contributed by atoms with E-state index in [0.717, 1.165) is 10.4 Å². The van der Waals surface area contributed by atoms with E-state index in [1.165, 1.54) is 19.3 Å². The minimum Gasteiger partial charge on any atom is -0.465 e. The Morgan fingerprint density at radius 1 is 1.50 bits per heavy atom. The lowest BCUT2D eigenvalue weighted by molar-refractivity contribution is -0.145. The van der Waals surface area contributed by atoms with Crippen LogP contribution in [0, 0.1) is 5.95 Å². The monoisotopic (exact) mass is 333 g/mol. The van der Waals surface area contributed by atoms with E-state index >= 15 is 0 Å². The van der Waals surface area contributed by atoms with Crippen molar-refractivity contribution in [2.75, 3.05) is 20.2 Å². The first-order chi connectivity index (χ1) is 10.3. The smallest absolute Gasteiger partial charge is 0.324 e. The largest absolute Gasteiger partial charge is 0.465 e. The number of nitrogens with one attached hydrogen (secondary N) is 1. The van der Waals surface area contributed by atoms with Crippen LogP contribution in [0.25, 0.3) is 0 Å². The molecule has 0 aliphatic heterocycles. The van der Waals surface area contributed by atoms with Crippen molar-refractivity contribution in [2.24, 2.45) is 0 Å². The van der Waals surface area contributed by atoms with Crippen molar-refractivity contribution < 1.29 is 22.3 Å². The SMILES string of the molecule is CCOC(=O)C(Cc1ccnc(F)c1)NS(=O)(=O)N(C)CC. The van der Waals surface area contributed by atoms with Gasteiger partial charge in [-0.05, 0) is 31.0 Å². The quantitative estimate of drug-likeness (QED) is 0.552. The van der Waals surface area contributed by atoms with Gasteiger partial charge in [0.25, 0.3) is 10.2 Å². The van der Waals surface area contributed by atoms with E-state index in [9.17, 15) is 17.6 Å². The van der Waals surface area contributed by atoms with Gasteiger partial charge in [-0.1, -0.05) is 6.92 Å². The molecule has 1 aromatic rings. The molecular formula is C13H20FN3O4S. The molecule has 9 heteroatoms. The number of hydrogen-bond acceptors (Lipinski definition) is 5. The van der Waals surface area contributed by atoms with Gasteiger partial charge in [0.05, 0.1) is 6.61 Å². The highest BCUT2D eigenvalue weighted by Crippen LogP contribution is 2.08. The van der Waals surface area contributed by atoms with Crippen LogP contribution in [0.15, 0.2) is 18.3 Å². The molecule has 1 rings (SSSR count). The predicted octanol–water partition coefficient (Wildman–Crippen LogP) is 0.481. The van der Waals surface area contributed by atoms with Crippen molar-refractivity contribution in [3.05, 3.63) is 29.8 Å². The van der Waals surface area contributed by atoms with Gasteiger partial charge >= 0.3 is 5.97 Å². The molecule has 124 valence electrons. The molecule has 0 radical (unpaired) electrons. The Kier molecular flexibility index (Phi) is 6.85. The van der Waals surface area contributed by atoms with Gasteiger partial charge in [-0.25, -0.2) is 4.98 Å². The maximum atomic E-state index is 13.1. The van der Waals surface area contributed by atoms with Crippen molar-refractivity contribution in [2.45, 2.75) is 26.3 Å². The van der Waals surface area contributed by atoms with Gasteiger partial charge in [0.1, 0.15) is 6.04 Å². The summed E-state index contributed by atoms with van der Waals surface area (Å²) in [4.78, 5) is 15.4. The number of ether oxygens (including phenoxy) is 1. The summed E-state index contributed by atoms with van der Waals surface area (Å²) < 4.78 is 45.4. The van der Waals surface area contributed by atoms with Crippen LogP contribution in [0.5, 0.6) is 0 Å². The van der Waals surface area contributed by atoms with Crippen LogP contribution in [0.1, 0.15) is 19.4 Å². The van der Waals surface area contributed by atoms with Gasteiger partial charge < -0.3 is 4.74 Å². The van der Waals surface area contributed by atoms with Crippen LogP contribution in [0.4, 0.5) is 4.39 Å². The molecule has 7 nitrogen and oxygen atoms in total. The Balaban J connectivity index is 2.96. The normalized spacial score (nSPS) is 13.1. The second-order valence-electron chi connectivity index (χ2n) is 4.53. The number of nitrogens with zero attached hydrogens (tertiary/aromatic N) is 2. The maximum Gasteiger partial charge on any atom is 0.324 e. The first-order valence-electron chi connectivity index (χ1n) is 6.80. The number of rotatable bonds is 8. The minimum absolute atomic E-state index is 0.0327. The molecule has 0 fully saturated rings. The molecular weight excluding hydrogens is 313 g/mol. The zero-order chi connectivity index (χ0) is 16.8. The van der Waals surface area contributed by atoms with Crippen molar-refractivity contribution in [1.82, 2.24) is 14.0 Å².